The average molecular weight is 207 g/mol. The molecule has 14 heavy (non-hydrogen) atoms. The molecule has 1 atom stereocenters. The fourth-order valence-corrected chi connectivity index (χ4v) is 2.51. The maximum Gasteiger partial charge on any atom is 0.00718 e. The van der Waals surface area contributed by atoms with E-state index in [0.717, 1.165) is 5.92 Å². The van der Waals surface area contributed by atoms with E-state index in [-0.39, 0.29) is 0 Å². The molecular weight excluding hydrogens is 190 g/mol. The van der Waals surface area contributed by atoms with Crippen molar-refractivity contribution in [2.24, 2.45) is 5.92 Å². The smallest absolute Gasteiger partial charge is 0.00718 e. The Labute approximate surface area is 90.3 Å². The molecule has 2 rings (SSSR count). The molecule has 0 aliphatic carbocycles. The van der Waals surface area contributed by atoms with E-state index >= 15 is 0 Å². The maximum atomic E-state index is 3.42. The molecule has 2 heteroatoms. The van der Waals surface area contributed by atoms with E-state index in [1.807, 2.05) is 11.8 Å². The van der Waals surface area contributed by atoms with E-state index in [1.165, 1.54) is 36.4 Å². The molecule has 1 aliphatic heterocycles. The van der Waals surface area contributed by atoms with Gasteiger partial charge in [0.2, 0.25) is 0 Å². The lowest BCUT2D eigenvalue weighted by molar-refractivity contribution is 0.579. The number of rotatable bonds is 3. The summed E-state index contributed by atoms with van der Waals surface area (Å²) < 4.78 is 0. The number of thioether (sulfide) groups is 1. The Morgan fingerprint density at radius 2 is 2.43 bits per heavy atom. The van der Waals surface area contributed by atoms with Gasteiger partial charge in [-0.1, -0.05) is 12.1 Å². The highest BCUT2D eigenvalue weighted by atomic mass is 32.2. The molecule has 0 aromatic heterocycles. The average Bonchev–Trinajstić information content (AvgIpc) is 2.71. The van der Waals surface area contributed by atoms with Crippen LogP contribution in [-0.2, 0) is 6.42 Å². The van der Waals surface area contributed by atoms with Crippen LogP contribution < -0.4 is 5.32 Å². The van der Waals surface area contributed by atoms with Gasteiger partial charge >= 0.3 is 0 Å². The van der Waals surface area contributed by atoms with E-state index in [2.05, 4.69) is 35.8 Å². The van der Waals surface area contributed by atoms with Gasteiger partial charge in [-0.2, -0.15) is 0 Å². The number of hydrogen-bond donors (Lipinski definition) is 1. The molecule has 0 radical (unpaired) electrons. The summed E-state index contributed by atoms with van der Waals surface area (Å²) in [5.41, 5.74) is 1.49. The Morgan fingerprint density at radius 3 is 3.14 bits per heavy atom. The zero-order valence-corrected chi connectivity index (χ0v) is 9.44. The van der Waals surface area contributed by atoms with Crippen LogP contribution in [0.15, 0.2) is 29.2 Å². The van der Waals surface area contributed by atoms with Crippen molar-refractivity contribution in [1.29, 1.82) is 0 Å². The second-order valence-corrected chi connectivity index (χ2v) is 4.79. The Balaban J connectivity index is 2.00. The first-order chi connectivity index (χ1) is 6.88. The monoisotopic (exact) mass is 207 g/mol. The zero-order chi connectivity index (χ0) is 9.80. The molecule has 1 unspecified atom stereocenters. The third kappa shape index (κ3) is 2.52. The van der Waals surface area contributed by atoms with Gasteiger partial charge in [0.05, 0.1) is 0 Å². The quantitative estimate of drug-likeness (QED) is 0.765. The van der Waals surface area contributed by atoms with E-state index in [4.69, 9.17) is 0 Å². The van der Waals surface area contributed by atoms with Gasteiger partial charge in [0, 0.05) is 4.90 Å². The normalized spacial score (nSPS) is 21.4. The van der Waals surface area contributed by atoms with Crippen molar-refractivity contribution < 1.29 is 0 Å². The molecule has 76 valence electrons. The molecular formula is C12H17NS. The van der Waals surface area contributed by atoms with Gasteiger partial charge in [-0.25, -0.2) is 0 Å². The highest BCUT2D eigenvalue weighted by molar-refractivity contribution is 7.98. The first-order valence-corrected chi connectivity index (χ1v) is 6.44. The lowest BCUT2D eigenvalue weighted by Gasteiger charge is -2.08. The van der Waals surface area contributed by atoms with Gasteiger partial charge in [0.15, 0.2) is 0 Å². The van der Waals surface area contributed by atoms with E-state index in [9.17, 15) is 0 Å². The Morgan fingerprint density at radius 1 is 1.50 bits per heavy atom. The van der Waals surface area contributed by atoms with Crippen LogP contribution in [0.25, 0.3) is 0 Å². The highest BCUT2D eigenvalue weighted by Crippen LogP contribution is 2.20. The minimum Gasteiger partial charge on any atom is -0.316 e. The predicted octanol–water partition coefficient (Wildman–Crippen LogP) is 2.56. The van der Waals surface area contributed by atoms with Crippen molar-refractivity contribution in [3.63, 3.8) is 0 Å². The van der Waals surface area contributed by atoms with Gasteiger partial charge in [0.1, 0.15) is 0 Å². The number of benzene rings is 1. The molecule has 1 fully saturated rings. The first kappa shape index (κ1) is 10.1. The Hall–Kier alpha value is -0.470. The predicted molar refractivity (Wildman–Crippen MR) is 62.9 cm³/mol. The van der Waals surface area contributed by atoms with Gasteiger partial charge in [-0.05, 0) is 55.8 Å². The highest BCUT2D eigenvalue weighted by Gasteiger charge is 2.14. The van der Waals surface area contributed by atoms with E-state index in [1.54, 1.807) is 0 Å². The molecule has 1 aromatic rings. The van der Waals surface area contributed by atoms with Gasteiger partial charge in [-0.3, -0.25) is 0 Å². The van der Waals surface area contributed by atoms with Crippen LogP contribution >= 0.6 is 11.8 Å². The first-order valence-electron chi connectivity index (χ1n) is 5.22. The largest absolute Gasteiger partial charge is 0.316 e. The van der Waals surface area contributed by atoms with Crippen molar-refractivity contribution in [3.05, 3.63) is 29.8 Å². The summed E-state index contributed by atoms with van der Waals surface area (Å²) in [5, 5.41) is 3.42. The zero-order valence-electron chi connectivity index (χ0n) is 8.62. The van der Waals surface area contributed by atoms with Crippen molar-refractivity contribution in [2.45, 2.75) is 17.7 Å². The third-order valence-corrected chi connectivity index (χ3v) is 3.55. The molecule has 1 nitrogen and oxygen atoms in total. The van der Waals surface area contributed by atoms with Crippen molar-refractivity contribution in [1.82, 2.24) is 5.32 Å². The molecule has 1 aromatic carbocycles. The fraction of sp³-hybridized carbons (Fsp3) is 0.500. The molecule has 1 saturated heterocycles. The SMILES string of the molecule is CSc1cccc(CC2CCNC2)c1. The van der Waals surface area contributed by atoms with Gasteiger partial charge in [-0.15, -0.1) is 11.8 Å². The minimum absolute atomic E-state index is 0.854. The Kier molecular flexibility index (Phi) is 3.49. The van der Waals surface area contributed by atoms with Crippen molar-refractivity contribution in [2.75, 3.05) is 19.3 Å². The molecule has 1 aliphatic rings. The van der Waals surface area contributed by atoms with Crippen LogP contribution in [0.3, 0.4) is 0 Å². The number of hydrogen-bond acceptors (Lipinski definition) is 2. The summed E-state index contributed by atoms with van der Waals surface area (Å²) in [6.07, 6.45) is 4.71. The van der Waals surface area contributed by atoms with Crippen LogP contribution in [0.1, 0.15) is 12.0 Å². The minimum atomic E-state index is 0.854. The van der Waals surface area contributed by atoms with Crippen LogP contribution in [0.5, 0.6) is 0 Å². The summed E-state index contributed by atoms with van der Waals surface area (Å²) in [6, 6.07) is 8.92. The van der Waals surface area contributed by atoms with Gasteiger partial charge in [0.25, 0.3) is 0 Å². The molecule has 1 N–H and O–H groups in total. The third-order valence-electron chi connectivity index (χ3n) is 2.82. The topological polar surface area (TPSA) is 12.0 Å². The van der Waals surface area contributed by atoms with Gasteiger partial charge < -0.3 is 5.32 Å². The van der Waals surface area contributed by atoms with Crippen LogP contribution in [-0.4, -0.2) is 19.3 Å². The molecule has 0 spiro atoms. The van der Waals surface area contributed by atoms with Crippen LogP contribution in [0, 0.1) is 5.92 Å². The molecule has 0 saturated carbocycles. The second-order valence-electron chi connectivity index (χ2n) is 3.91. The van der Waals surface area contributed by atoms with E-state index in [0.29, 0.717) is 0 Å². The van der Waals surface area contributed by atoms with Crippen LogP contribution in [0.4, 0.5) is 0 Å². The lowest BCUT2D eigenvalue weighted by atomic mass is 9.99. The molecule has 0 amide bonds. The standard InChI is InChI=1S/C12H17NS/c1-14-12-4-2-3-10(8-12)7-11-5-6-13-9-11/h2-4,8,11,13H,5-7,9H2,1H3. The summed E-state index contributed by atoms with van der Waals surface area (Å²) >= 11 is 1.83. The summed E-state index contributed by atoms with van der Waals surface area (Å²) in [5.74, 6) is 0.854. The number of nitrogens with one attached hydrogen (secondary N) is 1. The second kappa shape index (κ2) is 4.85. The van der Waals surface area contributed by atoms with Crippen molar-refractivity contribution in [3.8, 4) is 0 Å². The summed E-state index contributed by atoms with van der Waals surface area (Å²) in [6.45, 7) is 2.40. The summed E-state index contributed by atoms with van der Waals surface area (Å²) in [7, 11) is 0. The molecule has 0 bridgehead atoms. The van der Waals surface area contributed by atoms with E-state index < -0.39 is 0 Å². The Bertz CT molecular complexity index is 292. The fourth-order valence-electron chi connectivity index (χ4n) is 2.02. The lowest BCUT2D eigenvalue weighted by Crippen LogP contribution is -2.10. The van der Waals surface area contributed by atoms with Crippen LogP contribution in [0.2, 0.25) is 0 Å². The molecule has 1 heterocycles. The summed E-state index contributed by atoms with van der Waals surface area (Å²) in [4.78, 5) is 1.38. The maximum absolute atomic E-state index is 3.42. The van der Waals surface area contributed by atoms with Crippen molar-refractivity contribution >= 4 is 11.8 Å².